The predicted octanol–water partition coefficient (Wildman–Crippen LogP) is 2.29. The number of carboxylic acids is 1. The minimum atomic E-state index is -1.06. The van der Waals surface area contributed by atoms with E-state index < -0.39 is 5.97 Å². The fourth-order valence-electron chi connectivity index (χ4n) is 3.21. The quantitative estimate of drug-likeness (QED) is 0.751. The molecule has 0 saturated carbocycles. The Hall–Kier alpha value is -3.22. The summed E-state index contributed by atoms with van der Waals surface area (Å²) in [6, 6.07) is 10.9. The minimum absolute atomic E-state index is 0.127. The van der Waals surface area contributed by atoms with Crippen LogP contribution in [0.1, 0.15) is 16.7 Å². The molecule has 0 bridgehead atoms. The molecule has 0 radical (unpaired) electrons. The molecule has 0 fully saturated rings. The molecule has 0 atom stereocenters. The van der Waals surface area contributed by atoms with Gasteiger partial charge in [-0.2, -0.15) is 0 Å². The number of fused-ring (bicyclic) bond motifs is 1. The van der Waals surface area contributed by atoms with Crippen LogP contribution in [-0.4, -0.2) is 49.3 Å². The van der Waals surface area contributed by atoms with Crippen molar-refractivity contribution in [1.29, 1.82) is 0 Å². The normalized spacial score (nSPS) is 12.1. The van der Waals surface area contributed by atoms with Crippen molar-refractivity contribution in [2.45, 2.75) is 19.4 Å². The molecule has 0 saturated heterocycles. The molecule has 0 aromatic heterocycles. The SMILES string of the molecule is COc1cc(CN(CC(=O)O)C(=O)Cc2ccc3c(c2)CCO3)cc(OC)c1. The summed E-state index contributed by atoms with van der Waals surface area (Å²) < 4.78 is 16.0. The third-order valence-corrected chi connectivity index (χ3v) is 4.57. The fraction of sp³-hybridized carbons (Fsp3) is 0.333. The topological polar surface area (TPSA) is 85.3 Å². The molecular formula is C21H23NO6. The number of ether oxygens (including phenoxy) is 3. The number of benzene rings is 2. The van der Waals surface area contributed by atoms with Crippen LogP contribution in [0.3, 0.4) is 0 Å². The van der Waals surface area contributed by atoms with Crippen molar-refractivity contribution in [1.82, 2.24) is 4.90 Å². The van der Waals surface area contributed by atoms with Gasteiger partial charge >= 0.3 is 5.97 Å². The zero-order valence-corrected chi connectivity index (χ0v) is 15.9. The average molecular weight is 385 g/mol. The van der Waals surface area contributed by atoms with Gasteiger partial charge in [0.25, 0.3) is 0 Å². The lowest BCUT2D eigenvalue weighted by Crippen LogP contribution is -2.36. The summed E-state index contributed by atoms with van der Waals surface area (Å²) in [5.41, 5.74) is 2.65. The lowest BCUT2D eigenvalue weighted by atomic mass is 10.1. The number of nitrogens with zero attached hydrogens (tertiary/aromatic N) is 1. The zero-order valence-electron chi connectivity index (χ0n) is 15.9. The third-order valence-electron chi connectivity index (χ3n) is 4.57. The summed E-state index contributed by atoms with van der Waals surface area (Å²) in [4.78, 5) is 25.4. The van der Waals surface area contributed by atoms with Gasteiger partial charge in [-0.3, -0.25) is 9.59 Å². The Morgan fingerprint density at radius 1 is 1.07 bits per heavy atom. The van der Waals surface area contributed by atoms with Crippen molar-refractivity contribution in [3.63, 3.8) is 0 Å². The maximum atomic E-state index is 12.8. The van der Waals surface area contributed by atoms with Crippen LogP contribution >= 0.6 is 0 Å². The van der Waals surface area contributed by atoms with E-state index in [0.29, 0.717) is 18.1 Å². The van der Waals surface area contributed by atoms with Crippen molar-refractivity contribution in [3.05, 3.63) is 53.1 Å². The summed E-state index contributed by atoms with van der Waals surface area (Å²) in [5.74, 6) is 0.682. The van der Waals surface area contributed by atoms with E-state index in [2.05, 4.69) is 0 Å². The number of amides is 1. The van der Waals surface area contributed by atoms with Gasteiger partial charge in [0.15, 0.2) is 0 Å². The largest absolute Gasteiger partial charge is 0.497 e. The van der Waals surface area contributed by atoms with E-state index in [1.165, 1.54) is 19.1 Å². The number of hydrogen-bond acceptors (Lipinski definition) is 5. The Bertz CT molecular complexity index is 857. The van der Waals surface area contributed by atoms with Crippen LogP contribution in [0.25, 0.3) is 0 Å². The van der Waals surface area contributed by atoms with E-state index >= 15 is 0 Å². The molecule has 2 aromatic rings. The van der Waals surface area contributed by atoms with E-state index in [-0.39, 0.29) is 25.4 Å². The van der Waals surface area contributed by atoms with Crippen LogP contribution in [0.5, 0.6) is 17.2 Å². The third kappa shape index (κ3) is 4.73. The minimum Gasteiger partial charge on any atom is -0.497 e. The van der Waals surface area contributed by atoms with Gasteiger partial charge in [0, 0.05) is 19.0 Å². The van der Waals surface area contributed by atoms with Crippen molar-refractivity contribution < 1.29 is 28.9 Å². The highest BCUT2D eigenvalue weighted by molar-refractivity contribution is 5.83. The number of carbonyl (C=O) groups excluding carboxylic acids is 1. The second kappa shape index (κ2) is 8.65. The van der Waals surface area contributed by atoms with Crippen LogP contribution in [0.15, 0.2) is 36.4 Å². The fourth-order valence-corrected chi connectivity index (χ4v) is 3.21. The van der Waals surface area contributed by atoms with Gasteiger partial charge in [-0.05, 0) is 34.9 Å². The highest BCUT2D eigenvalue weighted by Gasteiger charge is 2.20. The molecule has 1 aliphatic heterocycles. The second-order valence-corrected chi connectivity index (χ2v) is 6.58. The molecule has 148 valence electrons. The lowest BCUT2D eigenvalue weighted by molar-refractivity contribution is -0.144. The number of carbonyl (C=O) groups is 2. The molecule has 3 rings (SSSR count). The Labute approximate surface area is 163 Å². The molecular weight excluding hydrogens is 362 g/mol. The number of methoxy groups -OCH3 is 2. The summed E-state index contributed by atoms with van der Waals surface area (Å²) in [5, 5.41) is 9.25. The zero-order chi connectivity index (χ0) is 20.1. The molecule has 1 heterocycles. The smallest absolute Gasteiger partial charge is 0.323 e. The van der Waals surface area contributed by atoms with Crippen LogP contribution in [0.2, 0.25) is 0 Å². The summed E-state index contributed by atoms with van der Waals surface area (Å²) >= 11 is 0. The first-order chi connectivity index (χ1) is 13.5. The lowest BCUT2D eigenvalue weighted by Gasteiger charge is -2.22. The molecule has 1 N–H and O–H groups in total. The van der Waals surface area contributed by atoms with E-state index in [0.717, 1.165) is 28.9 Å². The van der Waals surface area contributed by atoms with Crippen molar-refractivity contribution in [2.24, 2.45) is 0 Å². The van der Waals surface area contributed by atoms with Crippen LogP contribution in [-0.2, 0) is 29.0 Å². The Morgan fingerprint density at radius 3 is 2.43 bits per heavy atom. The molecule has 0 spiro atoms. The molecule has 1 amide bonds. The molecule has 7 heteroatoms. The second-order valence-electron chi connectivity index (χ2n) is 6.58. The maximum Gasteiger partial charge on any atom is 0.323 e. The summed E-state index contributed by atoms with van der Waals surface area (Å²) in [6.07, 6.45) is 0.946. The first kappa shape index (κ1) is 19.5. The predicted molar refractivity (Wildman–Crippen MR) is 102 cm³/mol. The molecule has 0 unspecified atom stereocenters. The molecule has 0 aliphatic carbocycles. The highest BCUT2D eigenvalue weighted by atomic mass is 16.5. The Morgan fingerprint density at radius 2 is 1.79 bits per heavy atom. The van der Waals surface area contributed by atoms with Gasteiger partial charge in [-0.15, -0.1) is 0 Å². The van der Waals surface area contributed by atoms with Gasteiger partial charge in [0.05, 0.1) is 27.2 Å². The number of hydrogen-bond donors (Lipinski definition) is 1. The molecule has 28 heavy (non-hydrogen) atoms. The van der Waals surface area contributed by atoms with Gasteiger partial charge < -0.3 is 24.2 Å². The van der Waals surface area contributed by atoms with Crippen LogP contribution in [0, 0.1) is 0 Å². The molecule has 2 aromatic carbocycles. The molecule has 7 nitrogen and oxygen atoms in total. The van der Waals surface area contributed by atoms with Crippen LogP contribution in [0.4, 0.5) is 0 Å². The van der Waals surface area contributed by atoms with Gasteiger partial charge in [-0.1, -0.05) is 12.1 Å². The maximum absolute atomic E-state index is 12.8. The van der Waals surface area contributed by atoms with Crippen molar-refractivity contribution >= 4 is 11.9 Å². The average Bonchev–Trinajstić information content (AvgIpc) is 3.14. The first-order valence-electron chi connectivity index (χ1n) is 8.94. The number of rotatable bonds is 8. The number of aliphatic carboxylic acids is 1. The van der Waals surface area contributed by atoms with Gasteiger partial charge in [0.2, 0.25) is 5.91 Å². The Balaban J connectivity index is 1.77. The Kier molecular flexibility index (Phi) is 6.03. The number of carboxylic acid groups (broad SMARTS) is 1. The van der Waals surface area contributed by atoms with E-state index in [4.69, 9.17) is 14.2 Å². The van der Waals surface area contributed by atoms with Crippen LogP contribution < -0.4 is 14.2 Å². The van der Waals surface area contributed by atoms with Crippen molar-refractivity contribution in [3.8, 4) is 17.2 Å². The van der Waals surface area contributed by atoms with Gasteiger partial charge in [-0.25, -0.2) is 0 Å². The molecule has 1 aliphatic rings. The summed E-state index contributed by atoms with van der Waals surface area (Å²) in [6.45, 7) is 0.411. The van der Waals surface area contributed by atoms with Crippen molar-refractivity contribution in [2.75, 3.05) is 27.4 Å². The van der Waals surface area contributed by atoms with Gasteiger partial charge in [0.1, 0.15) is 23.8 Å². The highest BCUT2D eigenvalue weighted by Crippen LogP contribution is 2.27. The van der Waals surface area contributed by atoms with E-state index in [9.17, 15) is 14.7 Å². The first-order valence-corrected chi connectivity index (χ1v) is 8.94. The standard InChI is InChI=1S/C21H23NO6/c1-26-17-8-15(9-18(11-17)27-2)12-22(13-21(24)25)20(23)10-14-3-4-19-16(7-14)5-6-28-19/h3-4,7-9,11H,5-6,10,12-13H2,1-2H3,(H,24,25). The summed E-state index contributed by atoms with van der Waals surface area (Å²) in [7, 11) is 3.08. The monoisotopic (exact) mass is 385 g/mol. The van der Waals surface area contributed by atoms with E-state index in [1.807, 2.05) is 18.2 Å². The van der Waals surface area contributed by atoms with E-state index in [1.54, 1.807) is 18.2 Å².